The third-order valence-electron chi connectivity index (χ3n) is 4.16. The van der Waals surface area contributed by atoms with E-state index in [1.54, 1.807) is 18.2 Å². The Kier molecular flexibility index (Phi) is 6.59. The van der Waals surface area contributed by atoms with Gasteiger partial charge in [-0.25, -0.2) is 12.8 Å². The second-order valence-corrected chi connectivity index (χ2v) is 8.41. The smallest absolute Gasteiger partial charge is 0.261 e. The molecule has 1 amide bonds. The lowest BCUT2D eigenvalue weighted by Gasteiger charge is -2.14. The second-order valence-electron chi connectivity index (χ2n) is 6.29. The fraction of sp³-hybridized carbons (Fsp3) is 0.0952. The molecule has 3 aromatic rings. The first-order chi connectivity index (χ1) is 14.3. The molecule has 0 unspecified atom stereocenters. The summed E-state index contributed by atoms with van der Waals surface area (Å²) in [5, 5.41) is 3.06. The number of anilines is 2. The van der Waals surface area contributed by atoms with E-state index in [1.165, 1.54) is 55.6 Å². The molecule has 0 atom stereocenters. The monoisotopic (exact) mass is 448 g/mol. The summed E-state index contributed by atoms with van der Waals surface area (Å²) in [6.45, 7) is 0. The molecule has 3 aromatic carbocycles. The number of nitrogens with one attached hydrogen (secondary N) is 2. The average molecular weight is 449 g/mol. The van der Waals surface area contributed by atoms with E-state index in [9.17, 15) is 17.6 Å². The van der Waals surface area contributed by atoms with Crippen molar-refractivity contribution in [2.45, 2.75) is 11.3 Å². The van der Waals surface area contributed by atoms with E-state index < -0.39 is 21.7 Å². The number of halogens is 2. The van der Waals surface area contributed by atoms with Gasteiger partial charge in [-0.05, 0) is 54.1 Å². The molecule has 0 radical (unpaired) electrons. The van der Waals surface area contributed by atoms with Crippen LogP contribution in [-0.4, -0.2) is 21.4 Å². The Bertz CT molecular complexity index is 1170. The lowest BCUT2D eigenvalue weighted by molar-refractivity contribution is -0.115. The predicted molar refractivity (Wildman–Crippen MR) is 114 cm³/mol. The van der Waals surface area contributed by atoms with Crippen LogP contribution in [0.1, 0.15) is 5.56 Å². The molecule has 0 saturated carbocycles. The molecule has 9 heteroatoms. The summed E-state index contributed by atoms with van der Waals surface area (Å²) >= 11 is 5.82. The Morgan fingerprint density at radius 3 is 2.43 bits per heavy atom. The fourth-order valence-corrected chi connectivity index (χ4v) is 3.90. The molecule has 30 heavy (non-hydrogen) atoms. The van der Waals surface area contributed by atoms with Gasteiger partial charge >= 0.3 is 0 Å². The summed E-state index contributed by atoms with van der Waals surface area (Å²) < 4.78 is 46.8. The highest BCUT2D eigenvalue weighted by Crippen LogP contribution is 2.29. The SMILES string of the molecule is COc1ccc(S(=O)(=O)Nc2ccc(Cl)cc2)cc1NC(=O)Cc1ccccc1F. The first-order valence-electron chi connectivity index (χ1n) is 8.78. The Morgan fingerprint density at radius 2 is 1.77 bits per heavy atom. The molecule has 0 spiro atoms. The van der Waals surface area contributed by atoms with Gasteiger partial charge < -0.3 is 10.1 Å². The number of hydrogen-bond donors (Lipinski definition) is 2. The Morgan fingerprint density at radius 1 is 1.07 bits per heavy atom. The standard InChI is InChI=1S/C21H18ClFN2O4S/c1-29-20-11-10-17(30(27,28)25-16-8-6-15(22)7-9-16)13-19(20)24-21(26)12-14-4-2-3-5-18(14)23/h2-11,13,25H,12H2,1H3,(H,24,26). The number of ether oxygens (including phenoxy) is 1. The third-order valence-corrected chi connectivity index (χ3v) is 5.79. The van der Waals surface area contributed by atoms with Crippen LogP contribution in [0.15, 0.2) is 71.6 Å². The first kappa shape index (κ1) is 21.6. The summed E-state index contributed by atoms with van der Waals surface area (Å²) in [6.07, 6.45) is -0.212. The highest BCUT2D eigenvalue weighted by atomic mass is 35.5. The molecule has 3 rings (SSSR count). The van der Waals surface area contributed by atoms with Crippen LogP contribution in [-0.2, 0) is 21.2 Å². The van der Waals surface area contributed by atoms with Gasteiger partial charge in [-0.2, -0.15) is 0 Å². The summed E-state index contributed by atoms with van der Waals surface area (Å²) in [6, 6.07) is 16.1. The molecule has 0 saturated heterocycles. The molecule has 2 N–H and O–H groups in total. The van der Waals surface area contributed by atoms with Crippen molar-refractivity contribution in [2.24, 2.45) is 0 Å². The van der Waals surface area contributed by atoms with Gasteiger partial charge in [0.25, 0.3) is 10.0 Å². The van der Waals surface area contributed by atoms with Gasteiger partial charge in [0.2, 0.25) is 5.91 Å². The molecular weight excluding hydrogens is 431 g/mol. The number of amides is 1. The van der Waals surface area contributed by atoms with Crippen LogP contribution < -0.4 is 14.8 Å². The van der Waals surface area contributed by atoms with Gasteiger partial charge in [-0.3, -0.25) is 9.52 Å². The number of sulfonamides is 1. The van der Waals surface area contributed by atoms with Crippen LogP contribution in [0, 0.1) is 5.82 Å². The molecule has 0 heterocycles. The van der Waals surface area contributed by atoms with Crippen molar-refractivity contribution in [3.05, 3.63) is 83.1 Å². The third kappa shape index (κ3) is 5.28. The second kappa shape index (κ2) is 9.15. The van der Waals surface area contributed by atoms with Crippen LogP contribution in [0.2, 0.25) is 5.02 Å². The summed E-state index contributed by atoms with van der Waals surface area (Å²) in [4.78, 5) is 12.3. The summed E-state index contributed by atoms with van der Waals surface area (Å²) in [5.74, 6) is -0.746. The minimum absolute atomic E-state index is 0.0839. The van der Waals surface area contributed by atoms with Gasteiger partial charge in [-0.15, -0.1) is 0 Å². The Labute approximate surface area is 178 Å². The molecular formula is C21H18ClFN2O4S. The normalized spacial score (nSPS) is 11.0. The lowest BCUT2D eigenvalue weighted by Crippen LogP contribution is -2.17. The van der Waals surface area contributed by atoms with Crippen LogP contribution >= 0.6 is 11.6 Å². The van der Waals surface area contributed by atoms with E-state index in [-0.39, 0.29) is 28.3 Å². The largest absolute Gasteiger partial charge is 0.495 e. The van der Waals surface area contributed by atoms with E-state index >= 15 is 0 Å². The van der Waals surface area contributed by atoms with E-state index in [0.29, 0.717) is 10.7 Å². The number of carbonyl (C=O) groups is 1. The molecule has 0 aliphatic carbocycles. The van der Waals surface area contributed by atoms with Crippen LogP contribution in [0.25, 0.3) is 0 Å². The highest BCUT2D eigenvalue weighted by molar-refractivity contribution is 7.92. The van der Waals surface area contributed by atoms with Gasteiger partial charge in [-0.1, -0.05) is 29.8 Å². The number of hydrogen-bond acceptors (Lipinski definition) is 4. The maximum absolute atomic E-state index is 13.8. The van der Waals surface area contributed by atoms with E-state index in [2.05, 4.69) is 10.0 Å². The van der Waals surface area contributed by atoms with E-state index in [0.717, 1.165) is 0 Å². The van der Waals surface area contributed by atoms with E-state index in [1.807, 2.05) is 0 Å². The number of carbonyl (C=O) groups excluding carboxylic acids is 1. The van der Waals surface area contributed by atoms with Crippen molar-refractivity contribution in [1.82, 2.24) is 0 Å². The molecule has 0 fully saturated rings. The van der Waals surface area contributed by atoms with Gasteiger partial charge in [0.05, 0.1) is 24.1 Å². The zero-order valence-electron chi connectivity index (χ0n) is 15.9. The molecule has 0 aliphatic rings. The highest BCUT2D eigenvalue weighted by Gasteiger charge is 2.18. The van der Waals surface area contributed by atoms with Crippen molar-refractivity contribution >= 4 is 38.9 Å². The Hall–Kier alpha value is -3.10. The number of methoxy groups -OCH3 is 1. The maximum Gasteiger partial charge on any atom is 0.261 e. The van der Waals surface area contributed by atoms with Crippen molar-refractivity contribution in [1.29, 1.82) is 0 Å². The molecule has 0 aliphatic heterocycles. The zero-order valence-corrected chi connectivity index (χ0v) is 17.4. The van der Waals surface area contributed by atoms with Crippen LogP contribution in [0.5, 0.6) is 5.75 Å². The van der Waals surface area contributed by atoms with Crippen molar-refractivity contribution in [3.63, 3.8) is 0 Å². The number of rotatable bonds is 7. The van der Waals surface area contributed by atoms with Crippen LogP contribution in [0.3, 0.4) is 0 Å². The summed E-state index contributed by atoms with van der Waals surface area (Å²) in [5.41, 5.74) is 0.709. The molecule has 0 aromatic heterocycles. The first-order valence-corrected chi connectivity index (χ1v) is 10.6. The van der Waals surface area contributed by atoms with Gasteiger partial charge in [0, 0.05) is 10.7 Å². The average Bonchev–Trinajstić information content (AvgIpc) is 2.71. The predicted octanol–water partition coefficient (Wildman–Crippen LogP) is 4.47. The maximum atomic E-state index is 13.8. The summed E-state index contributed by atoms with van der Waals surface area (Å²) in [7, 11) is -2.54. The Balaban J connectivity index is 1.83. The minimum atomic E-state index is -3.93. The molecule has 6 nitrogen and oxygen atoms in total. The van der Waals surface area contributed by atoms with E-state index in [4.69, 9.17) is 16.3 Å². The van der Waals surface area contributed by atoms with Crippen molar-refractivity contribution < 1.29 is 22.3 Å². The quantitative estimate of drug-likeness (QED) is 0.558. The fourth-order valence-electron chi connectivity index (χ4n) is 2.69. The zero-order chi connectivity index (χ0) is 21.7. The lowest BCUT2D eigenvalue weighted by atomic mass is 10.1. The molecule has 156 valence electrons. The van der Waals surface area contributed by atoms with Crippen molar-refractivity contribution in [3.8, 4) is 5.75 Å². The van der Waals surface area contributed by atoms with Gasteiger partial charge in [0.1, 0.15) is 11.6 Å². The van der Waals surface area contributed by atoms with Gasteiger partial charge in [0.15, 0.2) is 0 Å². The number of benzene rings is 3. The topological polar surface area (TPSA) is 84.5 Å². The minimum Gasteiger partial charge on any atom is -0.495 e. The van der Waals surface area contributed by atoms with Crippen LogP contribution in [0.4, 0.5) is 15.8 Å². The molecule has 0 bridgehead atoms. The van der Waals surface area contributed by atoms with Crippen molar-refractivity contribution in [2.75, 3.05) is 17.1 Å².